The smallest absolute Gasteiger partial charge is 0.390 e. The Hall–Kier alpha value is -1.42. The van der Waals surface area contributed by atoms with Crippen molar-refractivity contribution in [3.8, 4) is 0 Å². The summed E-state index contributed by atoms with van der Waals surface area (Å²) in [4.78, 5) is 28.6. The van der Waals surface area contributed by atoms with Crippen molar-refractivity contribution in [2.24, 2.45) is 4.52 Å². The van der Waals surface area contributed by atoms with Gasteiger partial charge in [-0.25, -0.2) is 8.42 Å². The van der Waals surface area contributed by atoms with Gasteiger partial charge in [0.1, 0.15) is 0 Å². The molecule has 0 amide bonds. The van der Waals surface area contributed by atoms with Gasteiger partial charge in [0.05, 0.1) is 4.90 Å². The summed E-state index contributed by atoms with van der Waals surface area (Å²) in [5, 5.41) is 0. The molecule has 0 heterocycles. The highest BCUT2D eigenvalue weighted by Gasteiger charge is 2.25. The summed E-state index contributed by atoms with van der Waals surface area (Å²) in [6, 6.07) is 5.61. The van der Waals surface area contributed by atoms with E-state index in [1.165, 1.54) is 24.3 Å². The van der Waals surface area contributed by atoms with E-state index < -0.39 is 18.8 Å². The largest absolute Gasteiger partial charge is 0.492 e. The summed E-state index contributed by atoms with van der Waals surface area (Å²) in [6.45, 7) is 0. The Morgan fingerprint density at radius 3 is 2.26 bits per heavy atom. The monoisotopic (exact) mass is 303 g/mol. The van der Waals surface area contributed by atoms with E-state index in [1.54, 1.807) is 0 Å². The number of hydrogen-bond donors (Lipinski definition) is 3. The van der Waals surface area contributed by atoms with Crippen LogP contribution in [0.4, 0.5) is 0 Å². The van der Waals surface area contributed by atoms with Crippen molar-refractivity contribution >= 4 is 18.8 Å². The predicted octanol–water partition coefficient (Wildman–Crippen LogP) is 0.534. The van der Waals surface area contributed by atoms with Crippen molar-refractivity contribution in [3.63, 3.8) is 0 Å². The molecule has 0 aromatic heterocycles. The topological polar surface area (TPSA) is 144 Å². The number of aryl methyl sites for hydroxylation is 1. The minimum Gasteiger partial charge on any atom is -0.390 e. The molecule has 19 heavy (non-hydrogen) atoms. The van der Waals surface area contributed by atoms with Gasteiger partial charge in [-0.15, -0.1) is 0 Å². The quantitative estimate of drug-likeness (QED) is 0.304. The number of hydrogen-bond acceptors (Lipinski definition) is 5. The second-order valence-electron chi connectivity index (χ2n) is 3.92. The maximum Gasteiger partial charge on any atom is 0.492 e. The van der Waals surface area contributed by atoms with Gasteiger partial charge in [-0.2, -0.15) is 0 Å². The maximum atomic E-state index is 11.4. The van der Waals surface area contributed by atoms with Gasteiger partial charge in [-0.3, -0.25) is 0 Å². The molecule has 0 spiro atoms. The zero-order valence-electron chi connectivity index (χ0n) is 9.84. The highest BCUT2D eigenvalue weighted by molar-refractivity contribution is 7.90. The summed E-state index contributed by atoms with van der Waals surface area (Å²) in [6.07, 6.45) is 0.844. The summed E-state index contributed by atoms with van der Waals surface area (Å²) >= 11 is 0. The second kappa shape index (κ2) is 6.15. The van der Waals surface area contributed by atoms with E-state index in [4.69, 9.17) is 19.9 Å². The lowest BCUT2D eigenvalue weighted by molar-refractivity contribution is 0.226. The molecular weight excluding hydrogens is 290 g/mol. The fourth-order valence-electron chi connectivity index (χ4n) is 1.45. The summed E-state index contributed by atoms with van der Waals surface area (Å²) in [5.74, 6) is 0. The highest BCUT2D eigenvalue weighted by Crippen LogP contribution is 2.15. The molecule has 0 aliphatic carbocycles. The molecule has 104 valence electrons. The van der Waals surface area contributed by atoms with E-state index in [-0.39, 0.29) is 10.9 Å². The van der Waals surface area contributed by atoms with Crippen LogP contribution in [-0.4, -0.2) is 31.6 Å². The van der Waals surface area contributed by atoms with E-state index >= 15 is 0 Å². The van der Waals surface area contributed by atoms with Crippen LogP contribution in [0.2, 0.25) is 6.04 Å². The first-order chi connectivity index (χ1) is 8.74. The van der Waals surface area contributed by atoms with Crippen LogP contribution >= 0.6 is 0 Å². The van der Waals surface area contributed by atoms with Crippen LogP contribution in [-0.2, 0) is 16.4 Å². The molecule has 1 aromatic rings. The number of nitrogens with zero attached hydrogens (tertiary/aromatic N) is 3. The number of sulfonamides is 1. The molecule has 0 bridgehead atoms. The molecule has 0 saturated carbocycles. The van der Waals surface area contributed by atoms with Crippen molar-refractivity contribution in [2.75, 3.05) is 0 Å². The molecule has 1 aromatic carbocycles. The summed E-state index contributed by atoms with van der Waals surface area (Å²) < 4.78 is 25.5. The fraction of sp³-hybridized carbons (Fsp3) is 0.333. The van der Waals surface area contributed by atoms with Crippen LogP contribution in [0.5, 0.6) is 0 Å². The molecular formula is C9H13N3O5SSi. The zero-order valence-corrected chi connectivity index (χ0v) is 11.7. The minimum atomic E-state index is -4.01. The van der Waals surface area contributed by atoms with Crippen molar-refractivity contribution in [1.29, 1.82) is 0 Å². The SMILES string of the molecule is [N-]=[N+]=NS(=O)(=O)c1ccc(CCC[Si](O)(O)O)cc1. The average molecular weight is 303 g/mol. The molecule has 0 radical (unpaired) electrons. The molecule has 1 rings (SSSR count). The highest BCUT2D eigenvalue weighted by atomic mass is 32.2. The third kappa shape index (κ3) is 5.38. The van der Waals surface area contributed by atoms with Crippen molar-refractivity contribution < 1.29 is 22.8 Å². The van der Waals surface area contributed by atoms with Gasteiger partial charge in [-0.05, 0) is 36.1 Å². The molecule has 0 atom stereocenters. The van der Waals surface area contributed by atoms with Gasteiger partial charge in [0, 0.05) is 15.5 Å². The Morgan fingerprint density at radius 2 is 1.79 bits per heavy atom. The standard InChI is InChI=1S/C9H13N3O5SSi/c10-11-12-18(13,14)9-5-3-8(4-6-9)2-1-7-19(15,16)17/h3-6,15-17H,1-2,7H2. The zero-order chi connectivity index (χ0) is 14.5. The molecule has 0 aliphatic heterocycles. The molecule has 8 nitrogen and oxygen atoms in total. The Kier molecular flexibility index (Phi) is 5.06. The lowest BCUT2D eigenvalue weighted by Gasteiger charge is -2.08. The van der Waals surface area contributed by atoms with E-state index in [9.17, 15) is 8.42 Å². The summed E-state index contributed by atoms with van der Waals surface area (Å²) in [5.41, 5.74) is 8.90. The van der Waals surface area contributed by atoms with Crippen LogP contribution in [0.15, 0.2) is 33.7 Å². The van der Waals surface area contributed by atoms with Gasteiger partial charge in [0.15, 0.2) is 0 Å². The van der Waals surface area contributed by atoms with E-state index in [2.05, 4.69) is 9.43 Å². The van der Waals surface area contributed by atoms with Gasteiger partial charge < -0.3 is 14.4 Å². The van der Waals surface area contributed by atoms with Crippen LogP contribution in [0.3, 0.4) is 0 Å². The Balaban J connectivity index is 2.70. The van der Waals surface area contributed by atoms with Crippen LogP contribution in [0, 0.1) is 0 Å². The minimum absolute atomic E-state index is 0.0776. The average Bonchev–Trinajstić information content (AvgIpc) is 2.28. The van der Waals surface area contributed by atoms with Crippen LogP contribution < -0.4 is 0 Å². The first-order valence-corrected chi connectivity index (χ1v) is 8.81. The molecule has 0 fully saturated rings. The van der Waals surface area contributed by atoms with Gasteiger partial charge >= 0.3 is 8.80 Å². The molecule has 10 heteroatoms. The predicted molar refractivity (Wildman–Crippen MR) is 68.3 cm³/mol. The van der Waals surface area contributed by atoms with Crippen molar-refractivity contribution in [3.05, 3.63) is 40.3 Å². The first-order valence-electron chi connectivity index (χ1n) is 5.32. The summed E-state index contributed by atoms with van der Waals surface area (Å²) in [7, 11) is -7.99. The number of rotatable bonds is 6. The van der Waals surface area contributed by atoms with E-state index in [0.717, 1.165) is 5.56 Å². The molecule has 0 saturated heterocycles. The second-order valence-corrected chi connectivity index (χ2v) is 7.55. The Morgan fingerprint density at radius 1 is 1.21 bits per heavy atom. The van der Waals surface area contributed by atoms with E-state index in [1.807, 2.05) is 0 Å². The maximum absolute atomic E-state index is 11.4. The number of azide groups is 1. The van der Waals surface area contributed by atoms with Gasteiger partial charge in [0.2, 0.25) is 0 Å². The number of benzene rings is 1. The van der Waals surface area contributed by atoms with Crippen LogP contribution in [0.1, 0.15) is 12.0 Å². The first kappa shape index (κ1) is 15.6. The third-order valence-corrected chi connectivity index (χ3v) is 4.52. The fourth-order valence-corrected chi connectivity index (χ4v) is 2.77. The van der Waals surface area contributed by atoms with E-state index in [0.29, 0.717) is 12.8 Å². The lowest BCUT2D eigenvalue weighted by atomic mass is 10.1. The van der Waals surface area contributed by atoms with Crippen molar-refractivity contribution in [1.82, 2.24) is 0 Å². The molecule has 0 aliphatic rings. The van der Waals surface area contributed by atoms with Gasteiger partial charge in [0.25, 0.3) is 10.0 Å². The van der Waals surface area contributed by atoms with Crippen molar-refractivity contribution in [2.45, 2.75) is 23.8 Å². The van der Waals surface area contributed by atoms with Gasteiger partial charge in [-0.1, -0.05) is 12.1 Å². The Labute approximate surface area is 111 Å². The molecule has 3 N–H and O–H groups in total. The Bertz CT molecular complexity index is 575. The normalized spacial score (nSPS) is 11.9. The third-order valence-electron chi connectivity index (χ3n) is 2.34. The van der Waals surface area contributed by atoms with Crippen LogP contribution in [0.25, 0.3) is 10.4 Å². The molecule has 0 unspecified atom stereocenters. The lowest BCUT2D eigenvalue weighted by Crippen LogP contribution is -2.34.